The maximum absolute atomic E-state index is 6.75. The van der Waals surface area contributed by atoms with Crippen molar-refractivity contribution >= 4 is 80.7 Å². The van der Waals surface area contributed by atoms with Crippen molar-refractivity contribution in [2.75, 3.05) is 0 Å². The molecule has 0 aliphatic carbocycles. The number of para-hydroxylation sites is 2. The predicted octanol–water partition coefficient (Wildman–Crippen LogP) is 8.40. The molecule has 11 aromatic rings. The van der Waals surface area contributed by atoms with E-state index in [1.807, 2.05) is 0 Å². The molecule has 1 aliphatic heterocycles. The lowest BCUT2D eigenvalue weighted by molar-refractivity contribution is 0.487. The van der Waals surface area contributed by atoms with Crippen molar-refractivity contribution in [3.8, 4) is 33.8 Å². The van der Waals surface area contributed by atoms with Gasteiger partial charge in [0.1, 0.15) is 11.5 Å². The number of hydrogen-bond donors (Lipinski definition) is 0. The Morgan fingerprint density at radius 3 is 0.843 bits per heavy atom. The molecule has 4 heteroatoms. The van der Waals surface area contributed by atoms with E-state index in [0.29, 0.717) is 0 Å². The third-order valence-corrected chi connectivity index (χ3v) is 24.1. The van der Waals surface area contributed by atoms with E-state index in [-0.39, 0.29) is 6.71 Å². The van der Waals surface area contributed by atoms with Crippen LogP contribution in [0.2, 0.25) is 0 Å². The first-order chi connectivity index (χ1) is 34.7. The highest BCUT2D eigenvalue weighted by Crippen LogP contribution is 2.31. The summed E-state index contributed by atoms with van der Waals surface area (Å²) in [4.78, 5) is 0. The van der Waals surface area contributed by atoms with Crippen LogP contribution in [0.15, 0.2) is 297 Å². The van der Waals surface area contributed by atoms with E-state index in [1.54, 1.807) is 0 Å². The second-order valence-electron chi connectivity index (χ2n) is 18.2. The lowest BCUT2D eigenvalue weighted by Crippen LogP contribution is -2.74. The zero-order chi connectivity index (χ0) is 46.7. The molecule has 330 valence electrons. The highest BCUT2D eigenvalue weighted by atomic mass is 28.3. The molecule has 0 aromatic heterocycles. The summed E-state index contributed by atoms with van der Waals surface area (Å²) in [5, 5.41) is 10.8. The van der Waals surface area contributed by atoms with Gasteiger partial charge in [-0.15, -0.1) is 0 Å². The Bertz CT molecular complexity index is 3140. The summed E-state index contributed by atoms with van der Waals surface area (Å²) in [7, 11) is -5.71. The van der Waals surface area contributed by atoms with Gasteiger partial charge in [0.15, 0.2) is 16.1 Å². The minimum absolute atomic E-state index is 0.126. The van der Waals surface area contributed by atoms with E-state index < -0.39 is 16.1 Å². The third-order valence-electron chi connectivity index (χ3n) is 14.5. The van der Waals surface area contributed by atoms with Crippen LogP contribution in [-0.2, 0) is 0 Å². The highest BCUT2D eigenvalue weighted by Gasteiger charge is 2.44. The Labute approximate surface area is 414 Å². The van der Waals surface area contributed by atoms with Crippen LogP contribution in [0.25, 0.3) is 22.3 Å². The highest BCUT2D eigenvalue weighted by molar-refractivity contribution is 7.20. The molecule has 0 amide bonds. The van der Waals surface area contributed by atoms with Crippen LogP contribution in [0.1, 0.15) is 0 Å². The summed E-state index contributed by atoms with van der Waals surface area (Å²) in [5.41, 5.74) is 8.36. The Balaban J connectivity index is 1.15. The van der Waals surface area contributed by atoms with Crippen LogP contribution in [-0.4, -0.2) is 22.9 Å². The van der Waals surface area contributed by atoms with Crippen molar-refractivity contribution in [2.45, 2.75) is 0 Å². The Morgan fingerprint density at radius 1 is 0.243 bits per heavy atom. The summed E-state index contributed by atoms with van der Waals surface area (Å²) in [5.74, 6) is 1.78. The minimum Gasteiger partial charge on any atom is -0.458 e. The Morgan fingerprint density at radius 2 is 0.514 bits per heavy atom. The molecule has 0 unspecified atom stereocenters. The van der Waals surface area contributed by atoms with Crippen molar-refractivity contribution in [1.29, 1.82) is 0 Å². The van der Waals surface area contributed by atoms with Crippen molar-refractivity contribution in [1.82, 2.24) is 0 Å². The molecule has 0 saturated carbocycles. The quantitative estimate of drug-likeness (QED) is 0.0937. The molecule has 0 fully saturated rings. The van der Waals surface area contributed by atoms with E-state index in [4.69, 9.17) is 4.74 Å². The lowest BCUT2D eigenvalue weighted by Gasteiger charge is -2.35. The van der Waals surface area contributed by atoms with E-state index in [0.717, 1.165) is 22.4 Å². The third kappa shape index (κ3) is 7.32. The molecular formula is C66H49BOSi2. The Hall–Kier alpha value is -8.28. The van der Waals surface area contributed by atoms with Gasteiger partial charge in [0.2, 0.25) is 0 Å². The number of ether oxygens (including phenoxy) is 1. The largest absolute Gasteiger partial charge is 0.458 e. The summed E-state index contributed by atoms with van der Waals surface area (Å²) in [6.45, 7) is -0.126. The van der Waals surface area contributed by atoms with Crippen LogP contribution in [0.4, 0.5) is 0 Å². The first kappa shape index (κ1) is 43.0. The first-order valence-electron chi connectivity index (χ1n) is 24.3. The topological polar surface area (TPSA) is 9.23 Å². The van der Waals surface area contributed by atoms with Crippen LogP contribution in [0.3, 0.4) is 0 Å². The molecule has 1 heterocycles. The van der Waals surface area contributed by atoms with Crippen molar-refractivity contribution < 1.29 is 4.74 Å². The fraction of sp³-hybridized carbons (Fsp3) is 0. The number of rotatable bonds is 11. The summed E-state index contributed by atoms with van der Waals surface area (Å²) >= 11 is 0. The normalized spacial score (nSPS) is 12.1. The molecule has 1 aliphatic rings. The molecule has 11 aromatic carbocycles. The molecule has 0 spiro atoms. The molecule has 0 bridgehead atoms. The van der Waals surface area contributed by atoms with Gasteiger partial charge in [-0.25, -0.2) is 0 Å². The van der Waals surface area contributed by atoms with E-state index in [9.17, 15) is 0 Å². The zero-order valence-electron chi connectivity index (χ0n) is 38.8. The van der Waals surface area contributed by atoms with Crippen molar-refractivity contribution in [3.63, 3.8) is 0 Å². The summed E-state index contributed by atoms with van der Waals surface area (Å²) in [6, 6.07) is 111. The van der Waals surface area contributed by atoms with Gasteiger partial charge in [0, 0.05) is 0 Å². The molecule has 0 atom stereocenters. The fourth-order valence-corrected chi connectivity index (χ4v) is 21.2. The second-order valence-corrected chi connectivity index (χ2v) is 25.9. The van der Waals surface area contributed by atoms with Crippen molar-refractivity contribution in [3.05, 3.63) is 297 Å². The van der Waals surface area contributed by atoms with Gasteiger partial charge >= 0.3 is 0 Å². The van der Waals surface area contributed by atoms with E-state index >= 15 is 0 Å². The molecule has 0 radical (unpaired) electrons. The monoisotopic (exact) mass is 924 g/mol. The lowest BCUT2D eigenvalue weighted by atomic mass is 9.34. The number of hydrogen-bond acceptors (Lipinski definition) is 1. The number of benzene rings is 11. The van der Waals surface area contributed by atoms with Crippen LogP contribution < -0.4 is 62.6 Å². The minimum atomic E-state index is -2.85. The summed E-state index contributed by atoms with van der Waals surface area (Å²) in [6.07, 6.45) is 0. The average molecular weight is 925 g/mol. The molecular weight excluding hydrogens is 876 g/mol. The standard InChI is InChI=1S/C66H49BOSi2/c1-7-28-52(29-8-1)69(53-30-9-2-10-31-53,54-32-11-3-12-33-54)58-40-23-26-50(48-58)60-42-25-43-61(66(60)67-62-44-19-21-46-64(62)68-65-47-22-20-45-63(65)67)51-27-24-41-59(49-51)70(55-34-13-4-14-35-55,56-36-15-5-16-37-56)57-38-17-6-18-39-57/h1-49H. The molecule has 1 nitrogen and oxygen atoms in total. The second kappa shape index (κ2) is 18.7. The smallest absolute Gasteiger partial charge is 0.252 e. The van der Waals surface area contributed by atoms with E-state index in [2.05, 4.69) is 297 Å². The van der Waals surface area contributed by atoms with Gasteiger partial charge in [0.25, 0.3) is 6.71 Å². The first-order valence-corrected chi connectivity index (χ1v) is 28.3. The maximum Gasteiger partial charge on any atom is 0.252 e. The van der Waals surface area contributed by atoms with Crippen LogP contribution in [0, 0.1) is 0 Å². The number of fused-ring (bicyclic) bond motifs is 2. The van der Waals surface area contributed by atoms with Gasteiger partial charge in [-0.2, -0.15) is 0 Å². The van der Waals surface area contributed by atoms with Gasteiger partial charge in [0.05, 0.1) is 0 Å². The van der Waals surface area contributed by atoms with Gasteiger partial charge in [-0.3, -0.25) is 0 Å². The van der Waals surface area contributed by atoms with Crippen LogP contribution in [0.5, 0.6) is 11.5 Å². The fourth-order valence-electron chi connectivity index (χ4n) is 11.6. The van der Waals surface area contributed by atoms with Gasteiger partial charge in [-0.1, -0.05) is 291 Å². The molecule has 70 heavy (non-hydrogen) atoms. The summed E-state index contributed by atoms with van der Waals surface area (Å²) < 4.78 is 6.75. The van der Waals surface area contributed by atoms with Crippen molar-refractivity contribution in [2.24, 2.45) is 0 Å². The maximum atomic E-state index is 6.75. The molecule has 12 rings (SSSR count). The predicted molar refractivity (Wildman–Crippen MR) is 302 cm³/mol. The zero-order valence-corrected chi connectivity index (χ0v) is 40.8. The molecule has 0 saturated heterocycles. The van der Waals surface area contributed by atoms with E-state index in [1.165, 1.54) is 69.2 Å². The Kier molecular flexibility index (Phi) is 11.5. The average Bonchev–Trinajstić information content (AvgIpc) is 3.45. The van der Waals surface area contributed by atoms with Crippen LogP contribution >= 0.6 is 0 Å². The SMILES string of the molecule is c1ccc([Si](c2ccccc2)(c2ccccc2)c2cccc(-c3cccc(-c4cccc([Si](c5ccccc5)(c5ccccc5)c5ccccc5)c4)c3B3c4ccccc4Oc4ccccc43)c2)cc1. The molecule has 0 N–H and O–H groups in total. The van der Waals surface area contributed by atoms with Gasteiger partial charge in [-0.05, 0) is 86.8 Å². The van der Waals surface area contributed by atoms with Gasteiger partial charge < -0.3 is 4.74 Å².